The molecule has 1 heterocycles. The molecule has 1 aromatic rings. The number of carbonyl (C=O) groups excluding carboxylic acids is 1. The zero-order chi connectivity index (χ0) is 16.6. The Labute approximate surface area is 147 Å². The third-order valence-corrected chi connectivity index (χ3v) is 6.47. The van der Waals surface area contributed by atoms with Gasteiger partial charge in [0.05, 0.1) is 12.7 Å². The molecule has 1 aromatic heterocycles. The van der Waals surface area contributed by atoms with Crippen LogP contribution in [0.1, 0.15) is 47.8 Å². The Morgan fingerprint density at radius 2 is 2.22 bits per heavy atom. The predicted molar refractivity (Wildman–Crippen MR) is 98.2 cm³/mol. The number of anilines is 1. The van der Waals surface area contributed by atoms with E-state index in [1.165, 1.54) is 44.1 Å². The lowest BCUT2D eigenvalue weighted by molar-refractivity contribution is 0.0602. The molecule has 2 saturated carbocycles. The molecule has 0 spiro atoms. The fourth-order valence-electron chi connectivity index (χ4n) is 4.23. The molecule has 3 rings (SSSR count). The molecule has 0 amide bonds. The second-order valence-corrected chi connectivity index (χ2v) is 8.48. The van der Waals surface area contributed by atoms with E-state index < -0.39 is 0 Å². The van der Waals surface area contributed by atoms with Gasteiger partial charge in [0.2, 0.25) is 0 Å². The smallest absolute Gasteiger partial charge is 0.340 e. The van der Waals surface area contributed by atoms with Gasteiger partial charge in [-0.2, -0.15) is 0 Å². The largest absolute Gasteiger partial charge is 0.465 e. The van der Waals surface area contributed by atoms with Crippen LogP contribution >= 0.6 is 23.6 Å². The molecule has 0 aliphatic heterocycles. The molecule has 126 valence electrons. The summed E-state index contributed by atoms with van der Waals surface area (Å²) in [7, 11) is 1.40. The number of nitrogens with one attached hydrogen (secondary N) is 2. The van der Waals surface area contributed by atoms with Gasteiger partial charge in [0.25, 0.3) is 0 Å². The van der Waals surface area contributed by atoms with Gasteiger partial charge in [0.1, 0.15) is 5.00 Å². The van der Waals surface area contributed by atoms with E-state index in [-0.39, 0.29) is 5.97 Å². The van der Waals surface area contributed by atoms with Crippen molar-refractivity contribution < 1.29 is 9.53 Å². The SMILES string of the molecule is COC(=O)c1cc(C)sc1NC(=S)NC(C)C1CC2CCC1C2. The third-order valence-electron chi connectivity index (χ3n) is 5.28. The highest BCUT2D eigenvalue weighted by atomic mass is 32.1. The Hall–Kier alpha value is -1.14. The lowest BCUT2D eigenvalue weighted by Gasteiger charge is -2.29. The van der Waals surface area contributed by atoms with E-state index in [0.29, 0.717) is 16.7 Å². The zero-order valence-electron chi connectivity index (χ0n) is 13.8. The van der Waals surface area contributed by atoms with Gasteiger partial charge in [-0.15, -0.1) is 11.3 Å². The van der Waals surface area contributed by atoms with E-state index in [2.05, 4.69) is 17.6 Å². The number of methoxy groups -OCH3 is 1. The summed E-state index contributed by atoms with van der Waals surface area (Å²) in [6.45, 7) is 4.19. The molecule has 0 radical (unpaired) electrons. The predicted octanol–water partition coefficient (Wildman–Crippen LogP) is 3.95. The number of thiophene rings is 1. The molecular weight excluding hydrogens is 328 g/mol. The molecule has 4 nitrogen and oxygen atoms in total. The van der Waals surface area contributed by atoms with Crippen molar-refractivity contribution >= 4 is 39.6 Å². The van der Waals surface area contributed by atoms with Crippen LogP contribution in [-0.2, 0) is 4.74 Å². The average molecular weight is 353 g/mol. The number of thiocarbonyl (C=S) groups is 1. The molecule has 0 saturated heterocycles. The van der Waals surface area contributed by atoms with E-state index in [4.69, 9.17) is 17.0 Å². The molecular formula is C17H24N2O2S2. The molecule has 4 unspecified atom stereocenters. The Morgan fingerprint density at radius 1 is 1.43 bits per heavy atom. The van der Waals surface area contributed by atoms with Crippen LogP contribution in [0.15, 0.2) is 6.07 Å². The first kappa shape index (κ1) is 16.7. The highest BCUT2D eigenvalue weighted by molar-refractivity contribution is 7.80. The van der Waals surface area contributed by atoms with Crippen molar-refractivity contribution in [2.45, 2.75) is 45.6 Å². The Bertz CT molecular complexity index is 614. The van der Waals surface area contributed by atoms with Gasteiger partial charge < -0.3 is 15.4 Å². The van der Waals surface area contributed by atoms with Crippen LogP contribution in [0, 0.1) is 24.7 Å². The highest BCUT2D eigenvalue weighted by Gasteiger charge is 2.41. The number of carbonyl (C=O) groups is 1. The zero-order valence-corrected chi connectivity index (χ0v) is 15.5. The molecule has 0 aromatic carbocycles. The van der Waals surface area contributed by atoms with Crippen molar-refractivity contribution in [2.75, 3.05) is 12.4 Å². The van der Waals surface area contributed by atoms with E-state index in [0.717, 1.165) is 27.6 Å². The monoisotopic (exact) mass is 352 g/mol. The van der Waals surface area contributed by atoms with Gasteiger partial charge >= 0.3 is 5.97 Å². The summed E-state index contributed by atoms with van der Waals surface area (Å²) in [5.74, 6) is 2.18. The summed E-state index contributed by atoms with van der Waals surface area (Å²) in [6.07, 6.45) is 5.51. The molecule has 4 atom stereocenters. The molecule has 6 heteroatoms. The van der Waals surface area contributed by atoms with Crippen LogP contribution in [0.3, 0.4) is 0 Å². The second-order valence-electron chi connectivity index (χ2n) is 6.82. The second kappa shape index (κ2) is 6.77. The van der Waals surface area contributed by atoms with Crippen molar-refractivity contribution in [2.24, 2.45) is 17.8 Å². The molecule has 2 aliphatic carbocycles. The minimum atomic E-state index is -0.333. The number of aryl methyl sites for hydroxylation is 1. The lowest BCUT2D eigenvalue weighted by atomic mass is 9.84. The molecule has 2 aliphatic rings. The van der Waals surface area contributed by atoms with Gasteiger partial charge in [-0.3, -0.25) is 0 Å². The van der Waals surface area contributed by atoms with Crippen molar-refractivity contribution in [3.8, 4) is 0 Å². The van der Waals surface area contributed by atoms with Crippen LogP contribution in [0.4, 0.5) is 5.00 Å². The standard InChI is InChI=1S/C17H24N2O2S2/c1-9-6-14(16(20)21-3)15(23-9)19-17(22)18-10(2)13-8-11-4-5-12(13)7-11/h6,10-13H,4-5,7-8H2,1-3H3,(H2,18,19,22). The number of rotatable bonds is 4. The van der Waals surface area contributed by atoms with Crippen LogP contribution in [-0.4, -0.2) is 24.2 Å². The van der Waals surface area contributed by atoms with Crippen LogP contribution in [0.25, 0.3) is 0 Å². The minimum absolute atomic E-state index is 0.333. The van der Waals surface area contributed by atoms with Crippen molar-refractivity contribution in [1.82, 2.24) is 5.32 Å². The van der Waals surface area contributed by atoms with Crippen LogP contribution in [0.2, 0.25) is 0 Å². The van der Waals surface area contributed by atoms with Crippen molar-refractivity contribution in [3.63, 3.8) is 0 Å². The quantitative estimate of drug-likeness (QED) is 0.635. The molecule has 23 heavy (non-hydrogen) atoms. The molecule has 2 bridgehead atoms. The van der Waals surface area contributed by atoms with E-state index in [1.54, 1.807) is 0 Å². The summed E-state index contributed by atoms with van der Waals surface area (Å²) in [5.41, 5.74) is 0.548. The number of hydrogen-bond acceptors (Lipinski definition) is 4. The van der Waals surface area contributed by atoms with Crippen molar-refractivity contribution in [3.05, 3.63) is 16.5 Å². The van der Waals surface area contributed by atoms with E-state index in [1.807, 2.05) is 13.0 Å². The maximum absolute atomic E-state index is 11.8. The third kappa shape index (κ3) is 3.53. The van der Waals surface area contributed by atoms with Gasteiger partial charge in [-0.05, 0) is 69.1 Å². The Morgan fingerprint density at radius 3 is 2.83 bits per heavy atom. The number of esters is 1. The summed E-state index contributed by atoms with van der Waals surface area (Å²) < 4.78 is 4.83. The van der Waals surface area contributed by atoms with E-state index in [9.17, 15) is 4.79 Å². The normalized spacial score (nSPS) is 26.8. The Balaban J connectivity index is 1.60. The fourth-order valence-corrected chi connectivity index (χ4v) is 5.48. The first-order chi connectivity index (χ1) is 11.0. The summed E-state index contributed by atoms with van der Waals surface area (Å²) >= 11 is 6.98. The maximum Gasteiger partial charge on any atom is 0.340 e. The van der Waals surface area contributed by atoms with Gasteiger partial charge in [-0.25, -0.2) is 4.79 Å². The summed E-state index contributed by atoms with van der Waals surface area (Å²) in [5, 5.41) is 7.95. The molecule has 2 fully saturated rings. The first-order valence-electron chi connectivity index (χ1n) is 8.24. The first-order valence-corrected chi connectivity index (χ1v) is 9.46. The van der Waals surface area contributed by atoms with Gasteiger partial charge in [0.15, 0.2) is 5.11 Å². The van der Waals surface area contributed by atoms with Gasteiger partial charge in [-0.1, -0.05) is 6.42 Å². The Kier molecular flexibility index (Phi) is 4.92. The average Bonchev–Trinajstić information content (AvgIpc) is 3.21. The maximum atomic E-state index is 11.8. The number of fused-ring (bicyclic) bond motifs is 2. The van der Waals surface area contributed by atoms with E-state index >= 15 is 0 Å². The summed E-state index contributed by atoms with van der Waals surface area (Å²) in [6, 6.07) is 2.20. The summed E-state index contributed by atoms with van der Waals surface area (Å²) in [4.78, 5) is 12.9. The van der Waals surface area contributed by atoms with Crippen LogP contribution in [0.5, 0.6) is 0 Å². The van der Waals surface area contributed by atoms with Gasteiger partial charge in [0, 0.05) is 10.9 Å². The molecule has 2 N–H and O–H groups in total. The lowest BCUT2D eigenvalue weighted by Crippen LogP contribution is -2.42. The number of hydrogen-bond donors (Lipinski definition) is 2. The topological polar surface area (TPSA) is 50.4 Å². The van der Waals surface area contributed by atoms with Crippen LogP contribution < -0.4 is 10.6 Å². The van der Waals surface area contributed by atoms with Crippen molar-refractivity contribution in [1.29, 1.82) is 0 Å². The number of ether oxygens (including phenoxy) is 1. The fraction of sp³-hybridized carbons (Fsp3) is 0.647. The minimum Gasteiger partial charge on any atom is -0.465 e. The highest BCUT2D eigenvalue weighted by Crippen LogP contribution is 2.49.